The van der Waals surface area contributed by atoms with Gasteiger partial charge >= 0.3 is 0 Å². The molecular formula is C49H35N. The van der Waals surface area contributed by atoms with Gasteiger partial charge in [-0.2, -0.15) is 0 Å². The fraction of sp³-hybridized carbons (Fsp3) is 0.0612. The van der Waals surface area contributed by atoms with Crippen LogP contribution in [0.2, 0.25) is 0 Å². The Labute approximate surface area is 292 Å². The van der Waals surface area contributed by atoms with E-state index in [-0.39, 0.29) is 5.41 Å². The minimum absolute atomic E-state index is 0.0938. The largest absolute Gasteiger partial charge is 0.310 e. The van der Waals surface area contributed by atoms with Gasteiger partial charge in [0.05, 0.1) is 5.69 Å². The molecule has 0 aromatic heterocycles. The minimum atomic E-state index is -0.0938. The van der Waals surface area contributed by atoms with Crippen LogP contribution in [-0.4, -0.2) is 0 Å². The average Bonchev–Trinajstić information content (AvgIpc) is 3.41. The smallest absolute Gasteiger partial charge is 0.0543 e. The number of hydrogen-bond acceptors (Lipinski definition) is 1. The number of hydrogen-bond donors (Lipinski definition) is 0. The van der Waals surface area contributed by atoms with Gasteiger partial charge in [0.25, 0.3) is 0 Å². The Balaban J connectivity index is 1.22. The van der Waals surface area contributed by atoms with Gasteiger partial charge in [0.2, 0.25) is 0 Å². The molecule has 1 heteroatoms. The Hall–Kier alpha value is -6.18. The zero-order valence-corrected chi connectivity index (χ0v) is 28.2. The molecule has 0 aliphatic heterocycles. The Morgan fingerprint density at radius 2 is 0.960 bits per heavy atom. The molecule has 1 aliphatic carbocycles. The van der Waals surface area contributed by atoms with Crippen molar-refractivity contribution in [3.63, 3.8) is 0 Å². The van der Waals surface area contributed by atoms with E-state index in [2.05, 4.69) is 195 Å². The molecule has 0 fully saturated rings. The van der Waals surface area contributed by atoms with Crippen molar-refractivity contribution in [2.45, 2.75) is 19.3 Å². The molecule has 0 heterocycles. The standard InChI is InChI=1S/C49H35N/c1-49(2)45-21-8-7-19-44(45)48-46(49)22-11-23-47(48)50(36-16-9-15-34(30-36)40-20-10-14-32-12-3-5-17-38(32)40)37-26-29-41-35(31-37)25-28-42-39-18-6-4-13-33(39)24-27-43(41)42/h3-31H,1-2H3. The maximum atomic E-state index is 2.48. The predicted molar refractivity (Wildman–Crippen MR) is 214 cm³/mol. The van der Waals surface area contributed by atoms with Gasteiger partial charge in [-0.25, -0.2) is 0 Å². The van der Waals surface area contributed by atoms with Crippen LogP contribution in [0, 0.1) is 0 Å². The number of benzene rings is 9. The van der Waals surface area contributed by atoms with Gasteiger partial charge in [-0.15, -0.1) is 0 Å². The van der Waals surface area contributed by atoms with Crippen molar-refractivity contribution in [3.8, 4) is 22.3 Å². The van der Waals surface area contributed by atoms with Crippen molar-refractivity contribution in [2.75, 3.05) is 4.90 Å². The van der Waals surface area contributed by atoms with Gasteiger partial charge < -0.3 is 4.90 Å². The monoisotopic (exact) mass is 637 g/mol. The normalized spacial score (nSPS) is 13.2. The maximum absolute atomic E-state index is 2.48. The third-order valence-corrected chi connectivity index (χ3v) is 11.0. The number of anilines is 3. The quantitative estimate of drug-likeness (QED) is 0.174. The third-order valence-electron chi connectivity index (χ3n) is 11.0. The van der Waals surface area contributed by atoms with Crippen LogP contribution in [0.4, 0.5) is 17.1 Å². The van der Waals surface area contributed by atoms with E-state index in [0.29, 0.717) is 0 Å². The van der Waals surface area contributed by atoms with Crippen LogP contribution in [0.1, 0.15) is 25.0 Å². The van der Waals surface area contributed by atoms with Gasteiger partial charge in [-0.3, -0.25) is 0 Å². The van der Waals surface area contributed by atoms with Gasteiger partial charge in [0.1, 0.15) is 0 Å². The lowest BCUT2D eigenvalue weighted by Crippen LogP contribution is -2.16. The molecular weight excluding hydrogens is 603 g/mol. The summed E-state index contributed by atoms with van der Waals surface area (Å²) in [7, 11) is 0. The number of fused-ring (bicyclic) bond motifs is 9. The molecule has 0 radical (unpaired) electrons. The molecule has 0 saturated carbocycles. The first-order valence-corrected chi connectivity index (χ1v) is 17.5. The van der Waals surface area contributed by atoms with Crippen molar-refractivity contribution in [2.24, 2.45) is 0 Å². The first-order chi connectivity index (χ1) is 24.6. The second-order valence-corrected chi connectivity index (χ2v) is 14.1. The van der Waals surface area contributed by atoms with E-state index >= 15 is 0 Å². The molecule has 0 atom stereocenters. The molecule has 10 rings (SSSR count). The lowest BCUT2D eigenvalue weighted by molar-refractivity contribution is 0.660. The lowest BCUT2D eigenvalue weighted by atomic mass is 9.82. The summed E-state index contributed by atoms with van der Waals surface area (Å²) in [5.41, 5.74) is 11.2. The van der Waals surface area contributed by atoms with Crippen LogP contribution in [0.3, 0.4) is 0 Å². The van der Waals surface area contributed by atoms with Crippen LogP contribution in [0.5, 0.6) is 0 Å². The van der Waals surface area contributed by atoms with Crippen LogP contribution in [0.15, 0.2) is 176 Å². The van der Waals surface area contributed by atoms with Crippen LogP contribution in [-0.2, 0) is 5.41 Å². The Morgan fingerprint density at radius 1 is 0.380 bits per heavy atom. The topological polar surface area (TPSA) is 3.24 Å². The number of rotatable bonds is 4. The van der Waals surface area contributed by atoms with Crippen molar-refractivity contribution in [1.82, 2.24) is 0 Å². The molecule has 0 spiro atoms. The number of nitrogens with zero attached hydrogens (tertiary/aromatic N) is 1. The summed E-state index contributed by atoms with van der Waals surface area (Å²) < 4.78 is 0. The molecule has 0 bridgehead atoms. The predicted octanol–water partition coefficient (Wildman–Crippen LogP) is 13.7. The van der Waals surface area contributed by atoms with E-state index in [0.717, 1.165) is 11.4 Å². The summed E-state index contributed by atoms with van der Waals surface area (Å²) in [4.78, 5) is 2.48. The Morgan fingerprint density at radius 3 is 1.82 bits per heavy atom. The SMILES string of the molecule is CC1(C)c2ccccc2-c2c(N(c3cccc(-c4cccc5ccccc45)c3)c3ccc4c(ccc5c6ccccc6ccc45)c3)cccc21. The highest BCUT2D eigenvalue weighted by Crippen LogP contribution is 2.54. The van der Waals surface area contributed by atoms with E-state index in [1.54, 1.807) is 0 Å². The van der Waals surface area contributed by atoms with Crippen molar-refractivity contribution in [1.29, 1.82) is 0 Å². The van der Waals surface area contributed by atoms with Gasteiger partial charge in [-0.1, -0.05) is 159 Å². The Bertz CT molecular complexity index is 2800. The highest BCUT2D eigenvalue weighted by atomic mass is 15.1. The highest BCUT2D eigenvalue weighted by Gasteiger charge is 2.37. The van der Waals surface area contributed by atoms with E-state index in [9.17, 15) is 0 Å². The van der Waals surface area contributed by atoms with Crippen LogP contribution < -0.4 is 4.90 Å². The second-order valence-electron chi connectivity index (χ2n) is 14.1. The maximum Gasteiger partial charge on any atom is 0.0543 e. The fourth-order valence-electron chi connectivity index (χ4n) is 8.59. The molecule has 0 unspecified atom stereocenters. The molecule has 1 aliphatic rings. The molecule has 50 heavy (non-hydrogen) atoms. The molecule has 0 amide bonds. The van der Waals surface area contributed by atoms with Crippen LogP contribution in [0.25, 0.3) is 65.3 Å². The molecule has 9 aromatic rings. The van der Waals surface area contributed by atoms with E-state index in [4.69, 9.17) is 0 Å². The highest BCUT2D eigenvalue weighted by molar-refractivity contribution is 6.17. The first kappa shape index (κ1) is 28.8. The molecule has 236 valence electrons. The first-order valence-electron chi connectivity index (χ1n) is 17.5. The Kier molecular flexibility index (Phi) is 6.29. The molecule has 0 N–H and O–H groups in total. The summed E-state index contributed by atoms with van der Waals surface area (Å²) >= 11 is 0. The van der Waals surface area contributed by atoms with Gasteiger partial charge in [-0.05, 0) is 101 Å². The third kappa shape index (κ3) is 4.27. The minimum Gasteiger partial charge on any atom is -0.310 e. The fourth-order valence-corrected chi connectivity index (χ4v) is 8.59. The molecule has 9 aromatic carbocycles. The summed E-state index contributed by atoms with van der Waals surface area (Å²) in [6.07, 6.45) is 0. The van der Waals surface area contributed by atoms with Crippen molar-refractivity contribution < 1.29 is 0 Å². The zero-order chi connectivity index (χ0) is 33.4. The van der Waals surface area contributed by atoms with E-state index in [1.807, 2.05) is 0 Å². The van der Waals surface area contributed by atoms with Crippen molar-refractivity contribution in [3.05, 3.63) is 187 Å². The summed E-state index contributed by atoms with van der Waals surface area (Å²) in [6, 6.07) is 65.0. The lowest BCUT2D eigenvalue weighted by Gasteiger charge is -2.29. The molecule has 0 saturated heterocycles. The van der Waals surface area contributed by atoms with Crippen LogP contribution >= 0.6 is 0 Å². The van der Waals surface area contributed by atoms with E-state index in [1.165, 1.54) is 82.2 Å². The van der Waals surface area contributed by atoms with E-state index < -0.39 is 0 Å². The van der Waals surface area contributed by atoms with Gasteiger partial charge in [0.15, 0.2) is 0 Å². The van der Waals surface area contributed by atoms with Gasteiger partial charge in [0, 0.05) is 22.4 Å². The summed E-state index contributed by atoms with van der Waals surface area (Å²) in [5, 5.41) is 10.2. The van der Waals surface area contributed by atoms with Crippen molar-refractivity contribution >= 4 is 60.2 Å². The zero-order valence-electron chi connectivity index (χ0n) is 28.2. The average molecular weight is 638 g/mol. The summed E-state index contributed by atoms with van der Waals surface area (Å²) in [5.74, 6) is 0. The second kappa shape index (κ2) is 10.9. The molecule has 1 nitrogen and oxygen atoms in total. The summed E-state index contributed by atoms with van der Waals surface area (Å²) in [6.45, 7) is 4.72.